The lowest BCUT2D eigenvalue weighted by Crippen LogP contribution is -2.46. The number of benzene rings is 1. The number of hydrogen-bond donors (Lipinski definition) is 1. The molecule has 0 saturated heterocycles. The first-order valence-electron chi connectivity index (χ1n) is 9.95. The molecular formula is C23H22ClNO5. The van der Waals surface area contributed by atoms with Crippen LogP contribution in [0.1, 0.15) is 44.2 Å². The first kappa shape index (κ1) is 20.4. The minimum atomic E-state index is -0.906. The van der Waals surface area contributed by atoms with Gasteiger partial charge in [-0.25, -0.2) is 0 Å². The Kier molecular flexibility index (Phi) is 5.28. The topological polar surface area (TPSA) is 85.6 Å². The van der Waals surface area contributed by atoms with Gasteiger partial charge in [-0.3, -0.25) is 14.4 Å². The zero-order valence-corrected chi connectivity index (χ0v) is 17.4. The van der Waals surface area contributed by atoms with Crippen LogP contribution in [0.25, 0.3) is 17.0 Å². The summed E-state index contributed by atoms with van der Waals surface area (Å²) in [4.78, 5) is 37.9. The third-order valence-electron chi connectivity index (χ3n) is 6.07. The number of allylic oxidation sites excluding steroid dienone is 1. The number of ether oxygens (including phenoxy) is 1. The molecule has 1 aromatic heterocycles. The van der Waals surface area contributed by atoms with Crippen LogP contribution in [0.2, 0.25) is 5.02 Å². The Morgan fingerprint density at radius 3 is 2.33 bits per heavy atom. The van der Waals surface area contributed by atoms with E-state index in [1.54, 1.807) is 18.2 Å². The molecule has 30 heavy (non-hydrogen) atoms. The first-order valence-corrected chi connectivity index (χ1v) is 10.3. The minimum absolute atomic E-state index is 0.135. The number of ketones is 2. The van der Waals surface area contributed by atoms with E-state index < -0.39 is 17.3 Å². The van der Waals surface area contributed by atoms with Crippen LogP contribution in [-0.4, -0.2) is 34.3 Å². The molecule has 2 aromatic rings. The van der Waals surface area contributed by atoms with E-state index in [-0.39, 0.29) is 30.0 Å². The third-order valence-corrected chi connectivity index (χ3v) is 6.32. The lowest BCUT2D eigenvalue weighted by Gasteiger charge is -2.37. The number of rotatable bonds is 5. The van der Waals surface area contributed by atoms with Crippen LogP contribution in [0.5, 0.6) is 0 Å². The van der Waals surface area contributed by atoms with Gasteiger partial charge in [0.15, 0.2) is 17.3 Å². The molecule has 2 aliphatic rings. The lowest BCUT2D eigenvalue weighted by molar-refractivity contribution is -0.142. The second kappa shape index (κ2) is 7.76. The molecule has 1 N–H and O–H groups in total. The molecule has 0 bridgehead atoms. The molecule has 6 nitrogen and oxygen atoms in total. The van der Waals surface area contributed by atoms with E-state index in [9.17, 15) is 19.5 Å². The second-order valence-corrected chi connectivity index (χ2v) is 8.17. The van der Waals surface area contributed by atoms with Crippen molar-refractivity contribution >= 4 is 34.9 Å². The van der Waals surface area contributed by atoms with Gasteiger partial charge in [-0.15, -0.1) is 0 Å². The van der Waals surface area contributed by atoms with Crippen LogP contribution >= 0.6 is 11.6 Å². The van der Waals surface area contributed by atoms with Crippen LogP contribution in [-0.2, 0) is 24.7 Å². The second-order valence-electron chi connectivity index (χ2n) is 7.74. The zero-order chi connectivity index (χ0) is 21.5. The standard InChI is InChI=1S/C23H22ClNO5/c1-30-19(27)11-10-18(26)20-21(28)17-9-8-16(14-4-6-15(24)7-5-14)25(17)23(22(20)29)12-2-3-13-23/h4-9,28H,2-3,10-13H2,1H3. The highest BCUT2D eigenvalue weighted by molar-refractivity contribution is 6.30. The number of aliphatic hydroxyl groups is 1. The number of nitrogens with zero attached hydrogens (tertiary/aromatic N) is 1. The molecule has 1 saturated carbocycles. The molecule has 0 amide bonds. The Morgan fingerprint density at radius 1 is 1.07 bits per heavy atom. The van der Waals surface area contributed by atoms with Gasteiger partial charge < -0.3 is 14.4 Å². The number of halogens is 1. The van der Waals surface area contributed by atoms with E-state index in [1.165, 1.54) is 7.11 Å². The first-order chi connectivity index (χ1) is 14.4. The maximum Gasteiger partial charge on any atom is 0.305 e. The van der Waals surface area contributed by atoms with Crippen molar-refractivity contribution in [3.05, 3.63) is 52.7 Å². The lowest BCUT2D eigenvalue weighted by atomic mass is 9.80. The molecule has 1 aliphatic carbocycles. The summed E-state index contributed by atoms with van der Waals surface area (Å²) >= 11 is 6.02. The number of esters is 1. The fourth-order valence-corrected chi connectivity index (χ4v) is 4.74. The normalized spacial score (nSPS) is 17.3. The predicted octanol–water partition coefficient (Wildman–Crippen LogP) is 4.45. The van der Waals surface area contributed by atoms with Crippen molar-refractivity contribution in [1.29, 1.82) is 0 Å². The zero-order valence-electron chi connectivity index (χ0n) is 16.6. The summed E-state index contributed by atoms with van der Waals surface area (Å²) in [6, 6.07) is 10.9. The van der Waals surface area contributed by atoms with Gasteiger partial charge in [0.05, 0.1) is 19.2 Å². The summed E-state index contributed by atoms with van der Waals surface area (Å²) in [5.74, 6) is -1.76. The van der Waals surface area contributed by atoms with Crippen LogP contribution in [0.15, 0.2) is 42.0 Å². The fraction of sp³-hybridized carbons (Fsp3) is 0.348. The van der Waals surface area contributed by atoms with Gasteiger partial charge >= 0.3 is 5.97 Å². The summed E-state index contributed by atoms with van der Waals surface area (Å²) in [7, 11) is 1.24. The van der Waals surface area contributed by atoms with E-state index >= 15 is 0 Å². The van der Waals surface area contributed by atoms with Crippen LogP contribution in [0, 0.1) is 0 Å². The van der Waals surface area contributed by atoms with E-state index in [0.29, 0.717) is 23.6 Å². The van der Waals surface area contributed by atoms with Gasteiger partial charge in [-0.1, -0.05) is 36.6 Å². The van der Waals surface area contributed by atoms with Crippen LogP contribution in [0.3, 0.4) is 0 Å². The van der Waals surface area contributed by atoms with E-state index in [2.05, 4.69) is 4.74 Å². The molecule has 1 spiro atoms. The van der Waals surface area contributed by atoms with Gasteiger partial charge in [-0.05, 0) is 42.7 Å². The third kappa shape index (κ3) is 3.16. The van der Waals surface area contributed by atoms with Crippen molar-refractivity contribution in [2.45, 2.75) is 44.1 Å². The van der Waals surface area contributed by atoms with Gasteiger partial charge in [0.2, 0.25) is 0 Å². The van der Waals surface area contributed by atoms with Gasteiger partial charge in [0.1, 0.15) is 11.1 Å². The fourth-order valence-electron chi connectivity index (χ4n) is 4.61. The predicted molar refractivity (Wildman–Crippen MR) is 112 cm³/mol. The van der Waals surface area contributed by atoms with Crippen molar-refractivity contribution in [3.8, 4) is 11.3 Å². The minimum Gasteiger partial charge on any atom is -0.505 e. The highest BCUT2D eigenvalue weighted by Gasteiger charge is 2.51. The van der Waals surface area contributed by atoms with E-state index in [1.807, 2.05) is 22.8 Å². The number of carbonyl (C=O) groups is 3. The number of methoxy groups -OCH3 is 1. The largest absolute Gasteiger partial charge is 0.505 e. The smallest absolute Gasteiger partial charge is 0.305 e. The Labute approximate surface area is 179 Å². The maximum atomic E-state index is 13.6. The quantitative estimate of drug-likeness (QED) is 0.562. The molecule has 156 valence electrons. The molecule has 4 rings (SSSR count). The average Bonchev–Trinajstić information content (AvgIpc) is 3.40. The molecule has 1 fully saturated rings. The number of fused-ring (bicyclic) bond motifs is 2. The summed E-state index contributed by atoms with van der Waals surface area (Å²) in [6.45, 7) is 0. The molecule has 7 heteroatoms. The molecular weight excluding hydrogens is 406 g/mol. The Balaban J connectivity index is 1.84. The van der Waals surface area contributed by atoms with Crippen LogP contribution in [0.4, 0.5) is 0 Å². The van der Waals surface area contributed by atoms with Crippen molar-refractivity contribution in [2.24, 2.45) is 0 Å². The summed E-state index contributed by atoms with van der Waals surface area (Å²) < 4.78 is 6.47. The number of hydrogen-bond acceptors (Lipinski definition) is 5. The SMILES string of the molecule is COC(=O)CCC(=O)C1=C(O)c2ccc(-c3ccc(Cl)cc3)n2C2(CCCC2)C1=O. The molecule has 0 atom stereocenters. The van der Waals surface area contributed by atoms with Crippen LogP contribution < -0.4 is 0 Å². The van der Waals surface area contributed by atoms with Gasteiger partial charge in [0, 0.05) is 17.1 Å². The summed E-state index contributed by atoms with van der Waals surface area (Å²) in [5, 5.41) is 11.5. The van der Waals surface area contributed by atoms with Gasteiger partial charge in [-0.2, -0.15) is 0 Å². The molecule has 2 heterocycles. The summed E-state index contributed by atoms with van der Waals surface area (Å²) in [6.07, 6.45) is 2.58. The van der Waals surface area contributed by atoms with Crippen molar-refractivity contribution < 1.29 is 24.2 Å². The number of carbonyl (C=O) groups excluding carboxylic acids is 3. The van der Waals surface area contributed by atoms with Crippen molar-refractivity contribution in [1.82, 2.24) is 4.57 Å². The number of aromatic nitrogens is 1. The molecule has 1 aliphatic heterocycles. The van der Waals surface area contributed by atoms with Crippen molar-refractivity contribution in [3.63, 3.8) is 0 Å². The van der Waals surface area contributed by atoms with Crippen molar-refractivity contribution in [2.75, 3.05) is 7.11 Å². The monoisotopic (exact) mass is 427 g/mol. The average molecular weight is 428 g/mol. The Bertz CT molecular complexity index is 1060. The summed E-state index contributed by atoms with van der Waals surface area (Å²) in [5.41, 5.74) is 1.01. The molecule has 0 radical (unpaired) electrons. The highest BCUT2D eigenvalue weighted by Crippen LogP contribution is 2.48. The highest BCUT2D eigenvalue weighted by atomic mass is 35.5. The van der Waals surface area contributed by atoms with E-state index in [0.717, 1.165) is 24.1 Å². The number of aliphatic hydroxyl groups excluding tert-OH is 1. The number of Topliss-reactive ketones (excluding diaryl/α,β-unsaturated/α-hetero) is 2. The maximum absolute atomic E-state index is 13.6. The Morgan fingerprint density at radius 2 is 1.70 bits per heavy atom. The molecule has 1 aromatic carbocycles. The van der Waals surface area contributed by atoms with E-state index in [4.69, 9.17) is 11.6 Å². The van der Waals surface area contributed by atoms with Gasteiger partial charge in [0.25, 0.3) is 0 Å². The Hall–Kier alpha value is -2.86. The molecule has 0 unspecified atom stereocenters.